The van der Waals surface area contributed by atoms with Gasteiger partial charge in [-0.2, -0.15) is 0 Å². The predicted molar refractivity (Wildman–Crippen MR) is 79.6 cm³/mol. The van der Waals surface area contributed by atoms with E-state index in [-0.39, 0.29) is 0 Å². The van der Waals surface area contributed by atoms with E-state index in [1.807, 2.05) is 0 Å². The average Bonchev–Trinajstić information content (AvgIpc) is 2.85. The Labute approximate surface area is 115 Å². The first-order valence-electron chi connectivity index (χ1n) is 7.52. The number of rotatable bonds is 3. The van der Waals surface area contributed by atoms with Gasteiger partial charge in [-0.05, 0) is 37.9 Å². The highest BCUT2D eigenvalue weighted by atomic mass is 16.3. The molecule has 102 valence electrons. The van der Waals surface area contributed by atoms with E-state index in [1.54, 1.807) is 0 Å². The minimum absolute atomic E-state index is 0.542. The molecule has 0 radical (unpaired) electrons. The van der Waals surface area contributed by atoms with Crippen LogP contribution in [0.2, 0.25) is 0 Å². The highest BCUT2D eigenvalue weighted by molar-refractivity contribution is 5.81. The van der Waals surface area contributed by atoms with Crippen molar-refractivity contribution in [2.75, 3.05) is 6.54 Å². The van der Waals surface area contributed by atoms with E-state index in [0.29, 0.717) is 12.0 Å². The second-order valence-corrected chi connectivity index (χ2v) is 5.70. The lowest BCUT2D eigenvalue weighted by Crippen LogP contribution is -2.36. The smallest absolute Gasteiger partial charge is 0.137 e. The monoisotopic (exact) mass is 257 g/mol. The molecule has 0 aliphatic heterocycles. The Morgan fingerprint density at radius 3 is 2.89 bits per heavy atom. The summed E-state index contributed by atoms with van der Waals surface area (Å²) in [5.41, 5.74) is 2.30. The number of furan rings is 1. The van der Waals surface area contributed by atoms with Gasteiger partial charge in [0, 0.05) is 17.3 Å². The molecule has 0 saturated heterocycles. The number of aryl methyl sites for hydroxylation is 1. The number of para-hydroxylation sites is 1. The maximum atomic E-state index is 6.17. The van der Waals surface area contributed by atoms with Crippen molar-refractivity contribution in [2.24, 2.45) is 0 Å². The van der Waals surface area contributed by atoms with Crippen molar-refractivity contribution >= 4 is 11.0 Å². The van der Waals surface area contributed by atoms with E-state index < -0.39 is 0 Å². The molecular formula is C17H23NO. The SMILES string of the molecule is CCNC1CCCCC1c1cc2cccc(C)c2o1. The Kier molecular flexibility index (Phi) is 3.61. The summed E-state index contributed by atoms with van der Waals surface area (Å²) in [5.74, 6) is 1.72. The molecule has 2 nitrogen and oxygen atoms in total. The van der Waals surface area contributed by atoms with Crippen LogP contribution >= 0.6 is 0 Å². The third-order valence-corrected chi connectivity index (χ3v) is 4.36. The first-order valence-corrected chi connectivity index (χ1v) is 7.52. The third-order valence-electron chi connectivity index (χ3n) is 4.36. The maximum Gasteiger partial charge on any atom is 0.137 e. The summed E-state index contributed by atoms with van der Waals surface area (Å²) in [5, 5.41) is 4.88. The fraction of sp³-hybridized carbons (Fsp3) is 0.529. The molecule has 2 heteroatoms. The molecule has 1 N–H and O–H groups in total. The van der Waals surface area contributed by atoms with Crippen LogP contribution in [-0.4, -0.2) is 12.6 Å². The van der Waals surface area contributed by atoms with Gasteiger partial charge in [0.05, 0.1) is 0 Å². The van der Waals surface area contributed by atoms with E-state index in [4.69, 9.17) is 4.42 Å². The predicted octanol–water partition coefficient (Wildman–Crippen LogP) is 4.38. The van der Waals surface area contributed by atoms with Crippen LogP contribution < -0.4 is 5.32 Å². The summed E-state index contributed by atoms with van der Waals surface area (Å²) in [6.07, 6.45) is 5.18. The Morgan fingerprint density at radius 2 is 2.11 bits per heavy atom. The van der Waals surface area contributed by atoms with Gasteiger partial charge < -0.3 is 9.73 Å². The summed E-state index contributed by atoms with van der Waals surface area (Å²) >= 11 is 0. The summed E-state index contributed by atoms with van der Waals surface area (Å²) in [7, 11) is 0. The Hall–Kier alpha value is -1.28. The molecule has 0 spiro atoms. The second-order valence-electron chi connectivity index (χ2n) is 5.70. The molecule has 1 aromatic heterocycles. The van der Waals surface area contributed by atoms with Gasteiger partial charge in [0.25, 0.3) is 0 Å². The molecule has 2 aromatic rings. The molecule has 1 aliphatic rings. The van der Waals surface area contributed by atoms with E-state index >= 15 is 0 Å². The first kappa shape index (κ1) is 12.7. The van der Waals surface area contributed by atoms with Crippen LogP contribution in [-0.2, 0) is 0 Å². The van der Waals surface area contributed by atoms with Crippen molar-refractivity contribution < 1.29 is 4.42 Å². The van der Waals surface area contributed by atoms with Crippen molar-refractivity contribution in [2.45, 2.75) is 51.5 Å². The molecule has 2 unspecified atom stereocenters. The standard InChI is InChI=1S/C17H23NO/c1-3-18-15-10-5-4-9-14(15)16-11-13-8-6-7-12(2)17(13)19-16/h6-8,11,14-15,18H,3-5,9-10H2,1-2H3. The fourth-order valence-corrected chi connectivity index (χ4v) is 3.39. The lowest BCUT2D eigenvalue weighted by Gasteiger charge is -2.30. The molecule has 1 fully saturated rings. The molecular weight excluding hydrogens is 234 g/mol. The largest absolute Gasteiger partial charge is 0.460 e. The van der Waals surface area contributed by atoms with Crippen LogP contribution in [0.1, 0.15) is 49.8 Å². The zero-order valence-electron chi connectivity index (χ0n) is 11.9. The maximum absolute atomic E-state index is 6.17. The highest BCUT2D eigenvalue weighted by Crippen LogP contribution is 2.36. The zero-order valence-corrected chi connectivity index (χ0v) is 11.9. The van der Waals surface area contributed by atoms with E-state index in [0.717, 1.165) is 12.1 Å². The minimum atomic E-state index is 0.542. The number of benzene rings is 1. The van der Waals surface area contributed by atoms with Crippen LogP contribution in [0.4, 0.5) is 0 Å². The Bertz CT molecular complexity index is 555. The van der Waals surface area contributed by atoms with Crippen molar-refractivity contribution in [3.05, 3.63) is 35.6 Å². The van der Waals surface area contributed by atoms with Crippen LogP contribution in [0.3, 0.4) is 0 Å². The molecule has 1 aliphatic carbocycles. The normalized spacial score (nSPS) is 23.9. The number of hydrogen-bond donors (Lipinski definition) is 1. The molecule has 1 saturated carbocycles. The molecule has 0 bridgehead atoms. The van der Waals surface area contributed by atoms with Gasteiger partial charge in [-0.25, -0.2) is 0 Å². The van der Waals surface area contributed by atoms with E-state index in [2.05, 4.69) is 43.4 Å². The molecule has 19 heavy (non-hydrogen) atoms. The van der Waals surface area contributed by atoms with Gasteiger partial charge in [-0.3, -0.25) is 0 Å². The van der Waals surface area contributed by atoms with Crippen LogP contribution in [0.5, 0.6) is 0 Å². The Balaban J connectivity index is 1.95. The molecule has 0 amide bonds. The van der Waals surface area contributed by atoms with Crippen molar-refractivity contribution in [1.29, 1.82) is 0 Å². The number of nitrogens with one attached hydrogen (secondary N) is 1. The van der Waals surface area contributed by atoms with Crippen LogP contribution in [0.15, 0.2) is 28.7 Å². The summed E-state index contributed by atoms with van der Waals surface area (Å²) < 4.78 is 6.17. The average molecular weight is 257 g/mol. The van der Waals surface area contributed by atoms with Gasteiger partial charge in [0.2, 0.25) is 0 Å². The topological polar surface area (TPSA) is 25.2 Å². The van der Waals surface area contributed by atoms with Gasteiger partial charge >= 0.3 is 0 Å². The second kappa shape index (κ2) is 5.38. The molecule has 2 atom stereocenters. The van der Waals surface area contributed by atoms with E-state index in [1.165, 1.54) is 42.4 Å². The highest BCUT2D eigenvalue weighted by Gasteiger charge is 2.28. The quantitative estimate of drug-likeness (QED) is 0.883. The molecule has 3 rings (SSSR count). The van der Waals surface area contributed by atoms with Crippen molar-refractivity contribution in [1.82, 2.24) is 5.32 Å². The lowest BCUT2D eigenvalue weighted by atomic mass is 9.83. The zero-order chi connectivity index (χ0) is 13.2. The van der Waals surface area contributed by atoms with Crippen LogP contribution in [0.25, 0.3) is 11.0 Å². The van der Waals surface area contributed by atoms with Gasteiger partial charge in [-0.15, -0.1) is 0 Å². The molecule has 1 heterocycles. The summed E-state index contributed by atoms with van der Waals surface area (Å²) in [6, 6.07) is 9.22. The summed E-state index contributed by atoms with van der Waals surface area (Å²) in [6.45, 7) is 5.35. The number of likely N-dealkylation sites (N-methyl/N-ethyl adjacent to an activating group) is 1. The van der Waals surface area contributed by atoms with Crippen molar-refractivity contribution in [3.8, 4) is 0 Å². The van der Waals surface area contributed by atoms with Gasteiger partial charge in [0.15, 0.2) is 0 Å². The van der Waals surface area contributed by atoms with Crippen molar-refractivity contribution in [3.63, 3.8) is 0 Å². The minimum Gasteiger partial charge on any atom is -0.460 e. The van der Waals surface area contributed by atoms with E-state index in [9.17, 15) is 0 Å². The number of hydrogen-bond acceptors (Lipinski definition) is 2. The van der Waals surface area contributed by atoms with Gasteiger partial charge in [-0.1, -0.05) is 38.0 Å². The molecule has 1 aromatic carbocycles. The number of fused-ring (bicyclic) bond motifs is 1. The summed E-state index contributed by atoms with van der Waals surface area (Å²) in [4.78, 5) is 0. The first-order chi connectivity index (χ1) is 9.29. The fourth-order valence-electron chi connectivity index (χ4n) is 3.39. The lowest BCUT2D eigenvalue weighted by molar-refractivity contribution is 0.300. The van der Waals surface area contributed by atoms with Gasteiger partial charge in [0.1, 0.15) is 11.3 Å². The third kappa shape index (κ3) is 2.42. The van der Waals surface area contributed by atoms with Crippen LogP contribution in [0, 0.1) is 6.92 Å². The Morgan fingerprint density at radius 1 is 1.26 bits per heavy atom.